The third-order valence-electron chi connectivity index (χ3n) is 8.84. The molecular formula is C35H67N11O8. The number of primary amides is 1. The Hall–Kier alpha value is -4.52. The van der Waals surface area contributed by atoms with Gasteiger partial charge >= 0.3 is 0 Å². The van der Waals surface area contributed by atoms with Crippen molar-refractivity contribution in [1.82, 2.24) is 31.9 Å². The van der Waals surface area contributed by atoms with E-state index in [1.54, 1.807) is 13.8 Å². The van der Waals surface area contributed by atoms with Crippen LogP contribution in [0.2, 0.25) is 0 Å². The van der Waals surface area contributed by atoms with Crippen molar-refractivity contribution >= 4 is 47.3 Å². The summed E-state index contributed by atoms with van der Waals surface area (Å²) in [5.74, 6) is -5.67. The van der Waals surface area contributed by atoms with E-state index in [9.17, 15) is 38.7 Å². The van der Waals surface area contributed by atoms with Crippen molar-refractivity contribution in [1.29, 1.82) is 0 Å². The lowest BCUT2D eigenvalue weighted by atomic mass is 9.96. The van der Waals surface area contributed by atoms with Crippen LogP contribution in [0.5, 0.6) is 0 Å². The molecule has 0 unspecified atom stereocenters. The molecule has 310 valence electrons. The Morgan fingerprint density at radius 3 is 1.54 bits per heavy atom. The summed E-state index contributed by atoms with van der Waals surface area (Å²) >= 11 is 0. The van der Waals surface area contributed by atoms with Gasteiger partial charge in [-0.3, -0.25) is 38.6 Å². The van der Waals surface area contributed by atoms with E-state index in [0.717, 1.165) is 0 Å². The van der Waals surface area contributed by atoms with Crippen molar-refractivity contribution in [2.45, 2.75) is 130 Å². The predicted molar refractivity (Wildman–Crippen MR) is 205 cm³/mol. The summed E-state index contributed by atoms with van der Waals surface area (Å²) in [7, 11) is 0. The second-order valence-corrected chi connectivity index (χ2v) is 14.6. The number of guanidine groups is 1. The van der Waals surface area contributed by atoms with Crippen LogP contribution >= 0.6 is 0 Å². The van der Waals surface area contributed by atoms with Crippen molar-refractivity contribution < 1.29 is 38.7 Å². The zero-order chi connectivity index (χ0) is 41.7. The van der Waals surface area contributed by atoms with Crippen LogP contribution in [0.3, 0.4) is 0 Å². The molecule has 0 saturated heterocycles. The average molecular weight is 770 g/mol. The van der Waals surface area contributed by atoms with Gasteiger partial charge in [0.25, 0.3) is 0 Å². The van der Waals surface area contributed by atoms with E-state index in [4.69, 9.17) is 22.9 Å². The predicted octanol–water partition coefficient (Wildman–Crippen LogP) is -2.43. The van der Waals surface area contributed by atoms with Crippen LogP contribution in [0.25, 0.3) is 0 Å². The maximum atomic E-state index is 13.6. The summed E-state index contributed by atoms with van der Waals surface area (Å²) in [6.45, 7) is 13.5. The van der Waals surface area contributed by atoms with Crippen LogP contribution in [0, 0.1) is 23.7 Å². The fourth-order valence-electron chi connectivity index (χ4n) is 5.27. The molecule has 0 rings (SSSR count). The largest absolute Gasteiger partial charge is 0.394 e. The van der Waals surface area contributed by atoms with Gasteiger partial charge in [-0.15, -0.1) is 0 Å². The number of aliphatic hydroxyl groups excluding tert-OH is 1. The lowest BCUT2D eigenvalue weighted by Crippen LogP contribution is -2.59. The molecule has 0 aliphatic carbocycles. The number of hydrogen-bond acceptors (Lipinski definition) is 10. The number of nitrogens with zero attached hydrogens (tertiary/aromatic N) is 1. The number of amides is 7. The Morgan fingerprint density at radius 1 is 0.630 bits per heavy atom. The molecule has 7 amide bonds. The molecule has 0 spiro atoms. The zero-order valence-corrected chi connectivity index (χ0v) is 33.2. The molecular weight excluding hydrogens is 702 g/mol. The maximum Gasteiger partial charge on any atom is 0.243 e. The first-order valence-corrected chi connectivity index (χ1v) is 18.7. The SMILES string of the molecule is CC[C@H](C)[C@H](NC(=O)[C@H](CC(C)C)NC(=O)[C@H](CCCN=C(N)N)NC(=O)CNC(=O)[C@@H](NC(=O)[C@H](CC(C)C)NC(=O)[C@@H](N)CO)[C@@H](C)CC)C(N)=O. The molecule has 0 aromatic rings. The van der Waals surface area contributed by atoms with Crippen molar-refractivity contribution in [3.63, 3.8) is 0 Å². The highest BCUT2D eigenvalue weighted by Crippen LogP contribution is 2.13. The van der Waals surface area contributed by atoms with Crippen LogP contribution < -0.4 is 54.8 Å². The molecule has 15 N–H and O–H groups in total. The first-order valence-electron chi connectivity index (χ1n) is 18.7. The van der Waals surface area contributed by atoms with E-state index in [2.05, 4.69) is 36.9 Å². The smallest absolute Gasteiger partial charge is 0.243 e. The number of nitrogens with two attached hydrogens (primary N) is 4. The minimum Gasteiger partial charge on any atom is -0.394 e. The van der Waals surface area contributed by atoms with E-state index in [-0.39, 0.29) is 61.9 Å². The summed E-state index contributed by atoms with van der Waals surface area (Å²) in [5.41, 5.74) is 22.0. The minimum absolute atomic E-state index is 0.0255. The Bertz CT molecular complexity index is 1280. The second-order valence-electron chi connectivity index (χ2n) is 14.6. The van der Waals surface area contributed by atoms with Gasteiger partial charge in [0.2, 0.25) is 41.4 Å². The molecule has 0 aliphatic heterocycles. The molecule has 8 atom stereocenters. The monoisotopic (exact) mass is 770 g/mol. The molecule has 0 aromatic heterocycles. The quantitative estimate of drug-likeness (QED) is 0.0250. The molecule has 0 radical (unpaired) electrons. The molecule has 19 heteroatoms. The maximum absolute atomic E-state index is 13.6. The fourth-order valence-corrected chi connectivity index (χ4v) is 5.27. The van der Waals surface area contributed by atoms with Gasteiger partial charge in [0.1, 0.15) is 36.3 Å². The van der Waals surface area contributed by atoms with Gasteiger partial charge in [0.05, 0.1) is 13.2 Å². The van der Waals surface area contributed by atoms with Crippen LogP contribution in [0.1, 0.15) is 93.9 Å². The van der Waals surface area contributed by atoms with E-state index in [1.807, 2.05) is 41.5 Å². The number of aliphatic hydroxyl groups is 1. The van der Waals surface area contributed by atoms with Crippen LogP contribution in [0.4, 0.5) is 0 Å². The number of rotatable bonds is 26. The molecule has 0 aromatic carbocycles. The number of carbonyl (C=O) groups excluding carboxylic acids is 7. The van der Waals surface area contributed by atoms with Crippen molar-refractivity contribution in [2.24, 2.45) is 51.6 Å². The van der Waals surface area contributed by atoms with E-state index in [0.29, 0.717) is 12.8 Å². The standard InChI is InChI=1S/C35H67N11O8/c1-9-20(7)27(29(37)49)45-32(52)25(15-19(5)6)44-31(51)23(12-11-13-40-35(38)39)42-26(48)16-41-34(54)28(21(8)10-2)46-33(53)24(14-18(3)4)43-30(50)22(36)17-47/h18-25,27-28,47H,9-17,36H2,1-8H3,(H2,37,49)(H,41,54)(H,42,48)(H,43,50)(H,44,51)(H,45,52)(H,46,53)(H4,38,39,40)/t20-,21-,22-,23-,24-,25-,27-,28-/m0/s1. The van der Waals surface area contributed by atoms with Crippen molar-refractivity contribution in [3.05, 3.63) is 0 Å². The normalized spacial score (nSPS) is 15.6. The van der Waals surface area contributed by atoms with Gasteiger partial charge < -0.3 is 59.9 Å². The number of carbonyl (C=O) groups is 7. The van der Waals surface area contributed by atoms with Crippen molar-refractivity contribution in [3.8, 4) is 0 Å². The Kier molecular flexibility index (Phi) is 23.4. The zero-order valence-electron chi connectivity index (χ0n) is 33.2. The van der Waals surface area contributed by atoms with Crippen LogP contribution in [-0.4, -0.2) is 108 Å². The molecule has 19 nitrogen and oxygen atoms in total. The fraction of sp³-hybridized carbons (Fsp3) is 0.771. The highest BCUT2D eigenvalue weighted by atomic mass is 16.3. The lowest BCUT2D eigenvalue weighted by Gasteiger charge is -2.28. The highest BCUT2D eigenvalue weighted by Gasteiger charge is 2.33. The van der Waals surface area contributed by atoms with Gasteiger partial charge in [0.15, 0.2) is 5.96 Å². The summed E-state index contributed by atoms with van der Waals surface area (Å²) in [6, 6.07) is -6.58. The number of hydrogen-bond donors (Lipinski definition) is 11. The summed E-state index contributed by atoms with van der Waals surface area (Å²) in [6.07, 6.45) is 1.81. The van der Waals surface area contributed by atoms with Gasteiger partial charge in [-0.25, -0.2) is 0 Å². The van der Waals surface area contributed by atoms with Crippen molar-refractivity contribution in [2.75, 3.05) is 19.7 Å². The van der Waals surface area contributed by atoms with Crippen LogP contribution in [0.15, 0.2) is 4.99 Å². The van der Waals surface area contributed by atoms with E-state index in [1.165, 1.54) is 0 Å². The van der Waals surface area contributed by atoms with Gasteiger partial charge in [-0.1, -0.05) is 68.2 Å². The second kappa shape index (κ2) is 25.5. The number of aliphatic imine (C=N–C) groups is 1. The Balaban J connectivity index is 6.02. The van der Waals surface area contributed by atoms with E-state index < -0.39 is 90.8 Å². The molecule has 54 heavy (non-hydrogen) atoms. The summed E-state index contributed by atoms with van der Waals surface area (Å²) < 4.78 is 0. The summed E-state index contributed by atoms with van der Waals surface area (Å²) in [4.78, 5) is 95.2. The third-order valence-corrected chi connectivity index (χ3v) is 8.84. The first-order chi connectivity index (χ1) is 25.2. The molecule has 0 saturated carbocycles. The van der Waals surface area contributed by atoms with Gasteiger partial charge in [-0.05, 0) is 49.4 Å². The average Bonchev–Trinajstić information content (AvgIpc) is 3.10. The number of nitrogens with one attached hydrogen (secondary N) is 6. The third kappa shape index (κ3) is 19.0. The Labute approximate surface area is 319 Å². The minimum atomic E-state index is -1.24. The molecule has 0 fully saturated rings. The van der Waals surface area contributed by atoms with E-state index >= 15 is 0 Å². The topological polar surface area (TPSA) is 328 Å². The lowest BCUT2D eigenvalue weighted by molar-refractivity contribution is -0.135. The van der Waals surface area contributed by atoms with Crippen LogP contribution in [-0.2, 0) is 33.6 Å². The molecule has 0 heterocycles. The first kappa shape index (κ1) is 49.5. The molecule has 0 bridgehead atoms. The highest BCUT2D eigenvalue weighted by molar-refractivity contribution is 5.96. The summed E-state index contributed by atoms with van der Waals surface area (Å²) in [5, 5.41) is 24.9. The van der Waals surface area contributed by atoms with Gasteiger partial charge in [0, 0.05) is 6.54 Å². The Morgan fingerprint density at radius 2 is 1.09 bits per heavy atom. The molecule has 0 aliphatic rings. The van der Waals surface area contributed by atoms with Gasteiger partial charge in [-0.2, -0.15) is 0 Å².